The first kappa shape index (κ1) is 14.7. The highest BCUT2D eigenvalue weighted by Crippen LogP contribution is 2.38. The zero-order valence-corrected chi connectivity index (χ0v) is 13.5. The minimum Gasteiger partial charge on any atom is -0.454 e. The molecule has 1 atom stereocenters. The summed E-state index contributed by atoms with van der Waals surface area (Å²) in [7, 11) is 0. The van der Waals surface area contributed by atoms with Crippen LogP contribution in [0.4, 0.5) is 0 Å². The number of hydrogen-bond donors (Lipinski definition) is 1. The standard InChI is InChI=1S/C16H18ClNO2S/c1-11(13-5-2-6-14-16(13)20-10-19-14)18-9-3-4-12-7-8-15(17)21-12/h2,5-8,11,18H,3-4,9-10H2,1H3. The Labute approximate surface area is 133 Å². The third kappa shape index (κ3) is 3.51. The van der Waals surface area contributed by atoms with Gasteiger partial charge in [0.25, 0.3) is 0 Å². The second-order valence-electron chi connectivity index (χ2n) is 5.07. The van der Waals surface area contributed by atoms with Crippen molar-refractivity contribution in [1.29, 1.82) is 0 Å². The fourth-order valence-corrected chi connectivity index (χ4v) is 3.60. The van der Waals surface area contributed by atoms with Gasteiger partial charge in [-0.15, -0.1) is 11.3 Å². The van der Waals surface area contributed by atoms with Crippen molar-refractivity contribution in [2.75, 3.05) is 13.3 Å². The van der Waals surface area contributed by atoms with Crippen LogP contribution in [0.3, 0.4) is 0 Å². The van der Waals surface area contributed by atoms with Crippen LogP contribution in [0, 0.1) is 0 Å². The van der Waals surface area contributed by atoms with Crippen LogP contribution in [0.2, 0.25) is 4.34 Å². The van der Waals surface area contributed by atoms with E-state index in [1.807, 2.05) is 18.2 Å². The molecule has 0 fully saturated rings. The quantitative estimate of drug-likeness (QED) is 0.799. The van der Waals surface area contributed by atoms with Crippen LogP contribution < -0.4 is 14.8 Å². The Hall–Kier alpha value is -1.23. The lowest BCUT2D eigenvalue weighted by molar-refractivity contribution is 0.173. The number of aryl methyl sites for hydroxylation is 1. The van der Waals surface area contributed by atoms with Crippen molar-refractivity contribution in [3.8, 4) is 11.5 Å². The Balaban J connectivity index is 1.50. The molecule has 0 spiro atoms. The van der Waals surface area contributed by atoms with Gasteiger partial charge in [-0.25, -0.2) is 0 Å². The molecule has 0 amide bonds. The molecule has 1 unspecified atom stereocenters. The van der Waals surface area contributed by atoms with Gasteiger partial charge in [0, 0.05) is 16.5 Å². The molecule has 5 heteroatoms. The number of ether oxygens (including phenoxy) is 2. The summed E-state index contributed by atoms with van der Waals surface area (Å²) < 4.78 is 11.8. The van der Waals surface area contributed by atoms with Crippen LogP contribution in [-0.2, 0) is 6.42 Å². The second kappa shape index (κ2) is 6.69. The monoisotopic (exact) mass is 323 g/mol. The normalized spacial score (nSPS) is 14.4. The Kier molecular flexibility index (Phi) is 4.68. The van der Waals surface area contributed by atoms with E-state index in [1.165, 1.54) is 4.88 Å². The van der Waals surface area contributed by atoms with Crippen LogP contribution in [0.25, 0.3) is 0 Å². The van der Waals surface area contributed by atoms with Crippen LogP contribution in [0.1, 0.15) is 29.8 Å². The molecule has 3 nitrogen and oxygen atoms in total. The number of fused-ring (bicyclic) bond motifs is 1. The van der Waals surface area contributed by atoms with Gasteiger partial charge in [-0.2, -0.15) is 0 Å². The number of para-hydroxylation sites is 1. The molecule has 2 aromatic rings. The van der Waals surface area contributed by atoms with E-state index >= 15 is 0 Å². The largest absolute Gasteiger partial charge is 0.454 e. The molecule has 0 saturated heterocycles. The SMILES string of the molecule is CC(NCCCc1ccc(Cl)s1)c1cccc2c1OCO2. The zero-order chi connectivity index (χ0) is 14.7. The predicted octanol–water partition coefficient (Wildman–Crippen LogP) is 4.41. The Bertz CT molecular complexity index is 614. The number of nitrogens with one attached hydrogen (secondary N) is 1. The molecule has 0 aliphatic carbocycles. The van der Waals surface area contributed by atoms with E-state index in [0.717, 1.165) is 40.8 Å². The summed E-state index contributed by atoms with van der Waals surface area (Å²) in [5.74, 6) is 1.72. The molecule has 21 heavy (non-hydrogen) atoms. The van der Waals surface area contributed by atoms with E-state index in [4.69, 9.17) is 21.1 Å². The van der Waals surface area contributed by atoms with E-state index in [1.54, 1.807) is 11.3 Å². The van der Waals surface area contributed by atoms with E-state index in [0.29, 0.717) is 6.79 Å². The minimum atomic E-state index is 0.244. The van der Waals surface area contributed by atoms with Crippen molar-refractivity contribution < 1.29 is 9.47 Å². The van der Waals surface area contributed by atoms with Gasteiger partial charge < -0.3 is 14.8 Å². The van der Waals surface area contributed by atoms with Crippen molar-refractivity contribution in [2.45, 2.75) is 25.8 Å². The lowest BCUT2D eigenvalue weighted by Crippen LogP contribution is -2.20. The molecular weight excluding hydrogens is 306 g/mol. The molecule has 1 aromatic heterocycles. The fraction of sp³-hybridized carbons (Fsp3) is 0.375. The van der Waals surface area contributed by atoms with E-state index in [2.05, 4.69) is 24.4 Å². The minimum absolute atomic E-state index is 0.244. The number of benzene rings is 1. The highest BCUT2D eigenvalue weighted by molar-refractivity contribution is 7.16. The third-order valence-corrected chi connectivity index (χ3v) is 4.86. The van der Waals surface area contributed by atoms with Crippen molar-refractivity contribution in [2.24, 2.45) is 0 Å². The average Bonchev–Trinajstić information content (AvgIpc) is 3.11. The number of halogens is 1. The molecule has 2 heterocycles. The van der Waals surface area contributed by atoms with Gasteiger partial charge in [0.1, 0.15) is 0 Å². The molecule has 0 saturated carbocycles. The number of thiophene rings is 1. The van der Waals surface area contributed by atoms with Crippen LogP contribution in [0.5, 0.6) is 11.5 Å². The predicted molar refractivity (Wildman–Crippen MR) is 86.6 cm³/mol. The molecule has 1 aromatic carbocycles. The first-order chi connectivity index (χ1) is 10.2. The summed E-state index contributed by atoms with van der Waals surface area (Å²) in [5, 5.41) is 3.54. The highest BCUT2D eigenvalue weighted by Gasteiger charge is 2.20. The van der Waals surface area contributed by atoms with E-state index in [9.17, 15) is 0 Å². The smallest absolute Gasteiger partial charge is 0.231 e. The molecule has 1 N–H and O–H groups in total. The molecule has 0 radical (unpaired) electrons. The number of rotatable bonds is 6. The van der Waals surface area contributed by atoms with Crippen LogP contribution in [0.15, 0.2) is 30.3 Å². The molecule has 1 aliphatic rings. The van der Waals surface area contributed by atoms with Crippen molar-refractivity contribution in [3.05, 3.63) is 45.1 Å². The van der Waals surface area contributed by atoms with Gasteiger partial charge in [-0.05, 0) is 44.5 Å². The van der Waals surface area contributed by atoms with Gasteiger partial charge in [-0.1, -0.05) is 23.7 Å². The lowest BCUT2D eigenvalue weighted by atomic mass is 10.1. The lowest BCUT2D eigenvalue weighted by Gasteiger charge is -2.15. The fourth-order valence-electron chi connectivity index (χ4n) is 2.47. The summed E-state index contributed by atoms with van der Waals surface area (Å²) in [6, 6.07) is 10.3. The topological polar surface area (TPSA) is 30.5 Å². The first-order valence-corrected chi connectivity index (χ1v) is 8.29. The summed E-state index contributed by atoms with van der Waals surface area (Å²) in [4.78, 5) is 1.34. The molecule has 1 aliphatic heterocycles. The van der Waals surface area contributed by atoms with Crippen molar-refractivity contribution in [3.63, 3.8) is 0 Å². The molecule has 112 valence electrons. The second-order valence-corrected chi connectivity index (χ2v) is 6.87. The Morgan fingerprint density at radius 2 is 2.19 bits per heavy atom. The van der Waals surface area contributed by atoms with E-state index in [-0.39, 0.29) is 6.04 Å². The Morgan fingerprint density at radius 1 is 1.29 bits per heavy atom. The molecular formula is C16H18ClNO2S. The summed E-state index contributed by atoms with van der Waals surface area (Å²) >= 11 is 7.60. The molecule has 3 rings (SSSR count). The van der Waals surface area contributed by atoms with E-state index < -0.39 is 0 Å². The summed E-state index contributed by atoms with van der Waals surface area (Å²) in [6.07, 6.45) is 2.15. The summed E-state index contributed by atoms with van der Waals surface area (Å²) in [5.41, 5.74) is 1.16. The van der Waals surface area contributed by atoms with Gasteiger partial charge in [0.2, 0.25) is 6.79 Å². The third-order valence-electron chi connectivity index (χ3n) is 3.57. The van der Waals surface area contributed by atoms with Gasteiger partial charge in [0.15, 0.2) is 11.5 Å². The molecule has 0 bridgehead atoms. The maximum atomic E-state index is 5.93. The first-order valence-electron chi connectivity index (χ1n) is 7.10. The zero-order valence-electron chi connectivity index (χ0n) is 11.9. The van der Waals surface area contributed by atoms with Crippen molar-refractivity contribution in [1.82, 2.24) is 5.32 Å². The van der Waals surface area contributed by atoms with Gasteiger partial charge in [0.05, 0.1) is 4.34 Å². The van der Waals surface area contributed by atoms with Crippen LogP contribution in [-0.4, -0.2) is 13.3 Å². The number of hydrogen-bond acceptors (Lipinski definition) is 4. The Morgan fingerprint density at radius 3 is 3.00 bits per heavy atom. The average molecular weight is 324 g/mol. The van der Waals surface area contributed by atoms with Gasteiger partial charge >= 0.3 is 0 Å². The van der Waals surface area contributed by atoms with Crippen molar-refractivity contribution >= 4 is 22.9 Å². The van der Waals surface area contributed by atoms with Gasteiger partial charge in [-0.3, -0.25) is 0 Å². The highest BCUT2D eigenvalue weighted by atomic mass is 35.5. The van der Waals surface area contributed by atoms with Crippen LogP contribution >= 0.6 is 22.9 Å². The maximum absolute atomic E-state index is 5.93. The maximum Gasteiger partial charge on any atom is 0.231 e. The summed E-state index contributed by atoms with van der Waals surface area (Å²) in [6.45, 7) is 3.43.